The molecule has 1 saturated heterocycles. The molecule has 2 heterocycles. The van der Waals surface area contributed by atoms with Crippen molar-refractivity contribution in [3.63, 3.8) is 0 Å². The molecule has 10 heteroatoms. The van der Waals surface area contributed by atoms with E-state index in [-0.39, 0.29) is 23.7 Å². The molecular formula is C18H18F3IN4O2. The summed E-state index contributed by atoms with van der Waals surface area (Å²) in [4.78, 5) is 26.3. The number of carbonyl (C=O) groups excluding carboxylic acids is 2. The van der Waals surface area contributed by atoms with Crippen molar-refractivity contribution in [2.45, 2.75) is 38.4 Å². The lowest BCUT2D eigenvalue weighted by Gasteiger charge is -2.27. The largest absolute Gasteiger partial charge is 0.416 e. The number of aromatic nitrogens is 2. The number of halogens is 4. The molecule has 0 unspecified atom stereocenters. The van der Waals surface area contributed by atoms with Gasteiger partial charge in [-0.3, -0.25) is 14.3 Å². The average molecular weight is 506 g/mol. The number of hydrogen-bond donors (Lipinski definition) is 1. The molecule has 0 bridgehead atoms. The third-order valence-corrected chi connectivity index (χ3v) is 5.17. The number of rotatable bonds is 4. The first-order valence-corrected chi connectivity index (χ1v) is 9.62. The molecule has 1 aliphatic heterocycles. The molecule has 0 saturated carbocycles. The Morgan fingerprint density at radius 3 is 2.54 bits per heavy atom. The van der Waals surface area contributed by atoms with Crippen LogP contribution in [0.1, 0.15) is 32.3 Å². The Morgan fingerprint density at radius 1 is 1.29 bits per heavy atom. The van der Waals surface area contributed by atoms with Gasteiger partial charge < -0.3 is 10.2 Å². The summed E-state index contributed by atoms with van der Waals surface area (Å²) >= 11 is 2.07. The van der Waals surface area contributed by atoms with E-state index in [2.05, 4.69) is 33.0 Å². The van der Waals surface area contributed by atoms with E-state index in [1.165, 1.54) is 15.6 Å². The van der Waals surface area contributed by atoms with Crippen LogP contribution in [0.5, 0.6) is 0 Å². The maximum atomic E-state index is 13.2. The van der Waals surface area contributed by atoms with Gasteiger partial charge in [-0.15, -0.1) is 0 Å². The topological polar surface area (TPSA) is 67.2 Å². The monoisotopic (exact) mass is 506 g/mol. The number of amides is 2. The fraction of sp³-hybridized carbons (Fsp3) is 0.389. The number of hydrogen-bond acceptors (Lipinski definition) is 3. The zero-order chi connectivity index (χ0) is 20.7. The van der Waals surface area contributed by atoms with Crippen LogP contribution in [0.15, 0.2) is 30.6 Å². The third kappa shape index (κ3) is 4.01. The number of anilines is 2. The van der Waals surface area contributed by atoms with Gasteiger partial charge in [0, 0.05) is 19.2 Å². The molecule has 2 aromatic rings. The molecule has 1 aromatic heterocycles. The molecule has 0 spiro atoms. The minimum Gasteiger partial charge on any atom is -0.322 e. The molecule has 0 radical (unpaired) electrons. The van der Waals surface area contributed by atoms with E-state index in [4.69, 9.17) is 0 Å². The quantitative estimate of drug-likeness (QED) is 0.638. The van der Waals surface area contributed by atoms with Gasteiger partial charge >= 0.3 is 6.18 Å². The summed E-state index contributed by atoms with van der Waals surface area (Å²) in [5.74, 6) is -0.727. The summed E-state index contributed by atoms with van der Waals surface area (Å²) in [7, 11) is 0. The summed E-state index contributed by atoms with van der Waals surface area (Å²) < 4.78 is 41.8. The lowest BCUT2D eigenvalue weighted by atomic mass is 10.0. The van der Waals surface area contributed by atoms with E-state index in [9.17, 15) is 22.8 Å². The predicted molar refractivity (Wildman–Crippen MR) is 106 cm³/mol. The number of nitrogens with one attached hydrogen (secondary N) is 1. The Balaban J connectivity index is 1.96. The Morgan fingerprint density at radius 2 is 2.00 bits per heavy atom. The second-order valence-electron chi connectivity index (χ2n) is 6.99. The van der Waals surface area contributed by atoms with Gasteiger partial charge in [0.15, 0.2) is 0 Å². The van der Waals surface area contributed by atoms with Crippen LogP contribution in [-0.2, 0) is 21.3 Å². The van der Waals surface area contributed by atoms with Gasteiger partial charge in [0.2, 0.25) is 5.91 Å². The standard InChI is InChI=1S/C18H18F3IN4O2/c1-17(2,26-10-12(22)9-23-26)16(28)24-13-6-5-11(18(19,20)21)8-14(13)25-7-3-4-15(25)27/h5-6,8-10H,3-4,7H2,1-2H3,(H,24,28). The zero-order valence-corrected chi connectivity index (χ0v) is 17.3. The lowest BCUT2D eigenvalue weighted by molar-refractivity contribution is -0.137. The fourth-order valence-corrected chi connectivity index (χ4v) is 3.31. The van der Waals surface area contributed by atoms with Crippen LogP contribution in [-0.4, -0.2) is 28.1 Å². The Hall–Kier alpha value is -2.11. The van der Waals surface area contributed by atoms with Gasteiger partial charge in [0.1, 0.15) is 5.54 Å². The highest BCUT2D eigenvalue weighted by atomic mass is 127. The minimum atomic E-state index is -4.55. The Kier molecular flexibility index (Phi) is 5.43. The van der Waals surface area contributed by atoms with Gasteiger partial charge in [-0.05, 0) is 61.1 Å². The van der Waals surface area contributed by atoms with Crippen molar-refractivity contribution in [2.75, 3.05) is 16.8 Å². The van der Waals surface area contributed by atoms with Crippen molar-refractivity contribution in [1.29, 1.82) is 0 Å². The molecule has 1 N–H and O–H groups in total. The average Bonchev–Trinajstić information content (AvgIpc) is 3.23. The molecule has 2 amide bonds. The fourth-order valence-electron chi connectivity index (χ4n) is 2.93. The smallest absolute Gasteiger partial charge is 0.322 e. The maximum Gasteiger partial charge on any atom is 0.416 e. The zero-order valence-electron chi connectivity index (χ0n) is 15.2. The van der Waals surface area contributed by atoms with Gasteiger partial charge in [0.25, 0.3) is 5.91 Å². The van der Waals surface area contributed by atoms with Crippen LogP contribution >= 0.6 is 22.6 Å². The van der Waals surface area contributed by atoms with Crippen LogP contribution in [0.2, 0.25) is 0 Å². The van der Waals surface area contributed by atoms with Crippen molar-refractivity contribution < 1.29 is 22.8 Å². The number of nitrogens with zero attached hydrogens (tertiary/aromatic N) is 3. The number of carbonyl (C=O) groups is 2. The summed E-state index contributed by atoms with van der Waals surface area (Å²) in [6.07, 6.45) is -0.439. The molecule has 1 aromatic carbocycles. The number of alkyl halides is 3. The van der Waals surface area contributed by atoms with Crippen LogP contribution in [0, 0.1) is 3.57 Å². The van der Waals surface area contributed by atoms with Crippen LogP contribution in [0.25, 0.3) is 0 Å². The van der Waals surface area contributed by atoms with Gasteiger partial charge in [-0.1, -0.05) is 0 Å². The Labute approximate surface area is 173 Å². The number of benzene rings is 1. The normalized spacial score (nSPS) is 15.2. The predicted octanol–water partition coefficient (Wildman–Crippen LogP) is 4.01. The molecule has 1 aliphatic rings. The third-order valence-electron chi connectivity index (χ3n) is 4.62. The summed E-state index contributed by atoms with van der Waals surface area (Å²) in [5, 5.41) is 6.81. The summed E-state index contributed by atoms with van der Waals surface area (Å²) in [6, 6.07) is 2.98. The van der Waals surface area contributed by atoms with Crippen LogP contribution in [0.3, 0.4) is 0 Å². The minimum absolute atomic E-state index is 0.0523. The molecule has 1 fully saturated rings. The highest BCUT2D eigenvalue weighted by molar-refractivity contribution is 14.1. The Bertz CT molecular complexity index is 924. The molecule has 6 nitrogen and oxygen atoms in total. The summed E-state index contributed by atoms with van der Waals surface area (Å²) in [6.45, 7) is 3.61. The van der Waals surface area contributed by atoms with Gasteiger partial charge in [-0.25, -0.2) is 0 Å². The van der Waals surface area contributed by atoms with E-state index in [1.807, 2.05) is 0 Å². The SMILES string of the molecule is CC(C)(C(=O)Nc1ccc(C(F)(F)F)cc1N1CCCC1=O)n1cc(I)cn1. The molecule has 28 heavy (non-hydrogen) atoms. The van der Waals surface area contributed by atoms with Crippen LogP contribution in [0.4, 0.5) is 24.5 Å². The molecule has 3 rings (SSSR count). The first-order valence-electron chi connectivity index (χ1n) is 8.54. The molecule has 150 valence electrons. The van der Waals surface area contributed by atoms with E-state index < -0.39 is 23.2 Å². The molecule has 0 atom stereocenters. The van der Waals surface area contributed by atoms with E-state index in [0.717, 1.165) is 15.7 Å². The van der Waals surface area contributed by atoms with Crippen molar-refractivity contribution >= 4 is 45.8 Å². The van der Waals surface area contributed by atoms with E-state index in [1.54, 1.807) is 26.2 Å². The van der Waals surface area contributed by atoms with Crippen molar-refractivity contribution in [3.8, 4) is 0 Å². The second-order valence-corrected chi connectivity index (χ2v) is 8.24. The maximum absolute atomic E-state index is 13.2. The van der Waals surface area contributed by atoms with Crippen molar-refractivity contribution in [3.05, 3.63) is 39.7 Å². The first kappa shape index (κ1) is 20.6. The van der Waals surface area contributed by atoms with E-state index >= 15 is 0 Å². The first-order chi connectivity index (χ1) is 13.0. The molecular weight excluding hydrogens is 488 g/mol. The van der Waals surface area contributed by atoms with Crippen LogP contribution < -0.4 is 10.2 Å². The van der Waals surface area contributed by atoms with Gasteiger partial charge in [-0.2, -0.15) is 18.3 Å². The lowest BCUT2D eigenvalue weighted by Crippen LogP contribution is -2.41. The van der Waals surface area contributed by atoms with Gasteiger partial charge in [0.05, 0.1) is 26.7 Å². The summed E-state index contributed by atoms with van der Waals surface area (Å²) in [5.41, 5.74) is -1.75. The molecule has 0 aliphatic carbocycles. The van der Waals surface area contributed by atoms with Crippen molar-refractivity contribution in [2.24, 2.45) is 0 Å². The highest BCUT2D eigenvalue weighted by Gasteiger charge is 2.35. The van der Waals surface area contributed by atoms with E-state index in [0.29, 0.717) is 13.0 Å². The highest BCUT2D eigenvalue weighted by Crippen LogP contribution is 2.37. The second kappa shape index (κ2) is 7.37. The van der Waals surface area contributed by atoms with Crippen molar-refractivity contribution in [1.82, 2.24) is 9.78 Å².